The second kappa shape index (κ2) is 5.18. The molecule has 0 amide bonds. The molecule has 0 aliphatic heterocycles. The molecule has 0 spiro atoms. The van der Waals surface area contributed by atoms with Gasteiger partial charge in [0.1, 0.15) is 0 Å². The van der Waals surface area contributed by atoms with Gasteiger partial charge in [-0.25, -0.2) is 0 Å². The Kier molecular flexibility index (Phi) is 5.33. The van der Waals surface area contributed by atoms with E-state index in [1.807, 2.05) is 0 Å². The van der Waals surface area contributed by atoms with Crippen molar-refractivity contribution in [2.24, 2.45) is 0 Å². The first-order chi connectivity index (χ1) is 2.91. The lowest BCUT2D eigenvalue weighted by Crippen LogP contribution is -1.88. The van der Waals surface area contributed by atoms with Crippen LogP contribution in [0.4, 0.5) is 0 Å². The van der Waals surface area contributed by atoms with Crippen LogP contribution in [0.1, 0.15) is 0 Å². The monoisotopic (exact) mass is 103 g/mol. The van der Waals surface area contributed by atoms with Gasteiger partial charge in [0.2, 0.25) is 0 Å². The van der Waals surface area contributed by atoms with E-state index in [-0.39, 0.29) is 9.52 Å². The van der Waals surface area contributed by atoms with Crippen molar-refractivity contribution in [1.82, 2.24) is 0 Å². The fourth-order valence-corrected chi connectivity index (χ4v) is 0.739. The highest BCUT2D eigenvalue weighted by molar-refractivity contribution is 6.33. The molecule has 2 heteroatoms. The molecule has 1 radical (unpaired) electrons. The zero-order chi connectivity index (χ0) is 4.83. The van der Waals surface area contributed by atoms with Gasteiger partial charge in [-0.2, -0.15) is 0 Å². The molecule has 0 rings (SSSR count). The summed E-state index contributed by atoms with van der Waals surface area (Å²) in [5, 5.41) is 0. The predicted molar refractivity (Wildman–Crippen MR) is 30.5 cm³/mol. The van der Waals surface area contributed by atoms with Gasteiger partial charge in [0.05, 0.1) is 7.11 Å². The van der Waals surface area contributed by atoms with Crippen molar-refractivity contribution in [3.8, 4) is 0 Å². The molecule has 6 heavy (non-hydrogen) atoms. The fourth-order valence-electron chi connectivity index (χ4n) is 0.246. The third kappa shape index (κ3) is 4.18. The normalized spacial score (nSPS) is 11.0. The van der Waals surface area contributed by atoms with E-state index in [2.05, 4.69) is 18.4 Å². The van der Waals surface area contributed by atoms with Crippen LogP contribution >= 0.6 is 0 Å². The lowest BCUT2D eigenvalue weighted by molar-refractivity contribution is 0.261. The molecular formula is C4H11OSi. The van der Waals surface area contributed by atoms with Crippen LogP contribution in [0.15, 0.2) is 0 Å². The van der Waals surface area contributed by atoms with E-state index in [9.17, 15) is 0 Å². The second-order valence-electron chi connectivity index (χ2n) is 1.26. The molecular weight excluding hydrogens is 92.1 g/mol. The average Bonchev–Trinajstić information content (AvgIpc) is 1.61. The molecule has 0 unspecified atom stereocenters. The minimum atomic E-state index is 0.238. The smallest absolute Gasteiger partial charge is 0.0700 e. The lowest BCUT2D eigenvalue weighted by Gasteiger charge is -1.88. The standard InChI is InChI=1S/C4H11OSi/c1-5-3-4-6-2/h1,3-4,6H2,2H3. The maximum Gasteiger partial charge on any atom is 0.0700 e. The van der Waals surface area contributed by atoms with E-state index in [1.54, 1.807) is 0 Å². The first-order valence-electron chi connectivity index (χ1n) is 2.28. The van der Waals surface area contributed by atoms with Gasteiger partial charge < -0.3 is 4.74 Å². The number of ether oxygens (including phenoxy) is 1. The molecule has 0 atom stereocenters. The summed E-state index contributed by atoms with van der Waals surface area (Å²) >= 11 is 0. The highest BCUT2D eigenvalue weighted by Crippen LogP contribution is 1.76. The van der Waals surface area contributed by atoms with Gasteiger partial charge in [0.15, 0.2) is 0 Å². The SMILES string of the molecule is [CH2]OCC[SiH2]C. The van der Waals surface area contributed by atoms with E-state index >= 15 is 0 Å². The number of hydrogen-bond acceptors (Lipinski definition) is 1. The molecule has 0 aromatic rings. The summed E-state index contributed by atoms with van der Waals surface area (Å²) in [7, 11) is 3.48. The molecule has 1 nitrogen and oxygen atoms in total. The molecule has 0 aromatic carbocycles. The second-order valence-corrected chi connectivity index (χ2v) is 2.97. The third-order valence-electron chi connectivity index (χ3n) is 0.642. The minimum Gasteiger partial charge on any atom is -0.379 e. The highest BCUT2D eigenvalue weighted by atomic mass is 28.2. The molecule has 0 aliphatic rings. The van der Waals surface area contributed by atoms with E-state index < -0.39 is 0 Å². The predicted octanol–water partition coefficient (Wildman–Crippen LogP) is 0.430. The Morgan fingerprint density at radius 2 is 2.50 bits per heavy atom. The average molecular weight is 103 g/mol. The van der Waals surface area contributed by atoms with E-state index in [1.165, 1.54) is 6.04 Å². The Hall–Kier alpha value is 0.177. The summed E-state index contributed by atoms with van der Waals surface area (Å²) in [4.78, 5) is 0. The number of rotatable bonds is 3. The van der Waals surface area contributed by atoms with Crippen LogP contribution in [0.3, 0.4) is 0 Å². The molecule has 0 N–H and O–H groups in total. The van der Waals surface area contributed by atoms with Gasteiger partial charge in [0.25, 0.3) is 0 Å². The van der Waals surface area contributed by atoms with Crippen LogP contribution in [0.5, 0.6) is 0 Å². The van der Waals surface area contributed by atoms with E-state index in [0.717, 1.165) is 6.61 Å². The van der Waals surface area contributed by atoms with Crippen molar-refractivity contribution in [2.45, 2.75) is 12.6 Å². The fraction of sp³-hybridized carbons (Fsp3) is 0.750. The van der Waals surface area contributed by atoms with E-state index in [4.69, 9.17) is 0 Å². The van der Waals surface area contributed by atoms with Crippen LogP contribution in [-0.4, -0.2) is 16.1 Å². The summed E-state index contributed by atoms with van der Waals surface area (Å²) < 4.78 is 4.57. The maximum absolute atomic E-state index is 4.57. The minimum absolute atomic E-state index is 0.238. The molecule has 0 fully saturated rings. The van der Waals surface area contributed by atoms with Crippen molar-refractivity contribution in [3.05, 3.63) is 7.11 Å². The van der Waals surface area contributed by atoms with Crippen molar-refractivity contribution >= 4 is 9.52 Å². The third-order valence-corrected chi connectivity index (χ3v) is 1.64. The molecule has 0 heterocycles. The molecule has 0 aliphatic carbocycles. The first-order valence-corrected chi connectivity index (χ1v) is 4.70. The molecule has 0 saturated carbocycles. The van der Waals surface area contributed by atoms with Crippen molar-refractivity contribution in [3.63, 3.8) is 0 Å². The zero-order valence-electron chi connectivity index (χ0n) is 4.24. The molecule has 0 bridgehead atoms. The maximum atomic E-state index is 4.57. The van der Waals surface area contributed by atoms with Gasteiger partial charge in [-0.15, -0.1) is 0 Å². The van der Waals surface area contributed by atoms with Crippen LogP contribution in [0.2, 0.25) is 12.6 Å². The van der Waals surface area contributed by atoms with E-state index in [0.29, 0.717) is 0 Å². The largest absolute Gasteiger partial charge is 0.379 e. The summed E-state index contributed by atoms with van der Waals surface area (Å²) in [6.07, 6.45) is 0. The Bertz CT molecular complexity index is 19.5. The summed E-state index contributed by atoms with van der Waals surface area (Å²) in [6, 6.07) is 1.27. The van der Waals surface area contributed by atoms with Crippen LogP contribution in [0, 0.1) is 7.11 Å². The zero-order valence-corrected chi connectivity index (χ0v) is 5.65. The molecule has 0 aromatic heterocycles. The molecule has 0 saturated heterocycles. The summed E-state index contributed by atoms with van der Waals surface area (Å²) in [6.45, 7) is 3.13. The van der Waals surface area contributed by atoms with Gasteiger partial charge in [-0.1, -0.05) is 6.55 Å². The summed E-state index contributed by atoms with van der Waals surface area (Å²) in [5.74, 6) is 0. The van der Waals surface area contributed by atoms with Gasteiger partial charge in [-0.3, -0.25) is 0 Å². The molecule has 37 valence electrons. The Labute approximate surface area is 41.5 Å². The summed E-state index contributed by atoms with van der Waals surface area (Å²) in [5.41, 5.74) is 0. The van der Waals surface area contributed by atoms with Crippen molar-refractivity contribution in [2.75, 3.05) is 6.61 Å². The Balaban J connectivity index is 2.34. The highest BCUT2D eigenvalue weighted by Gasteiger charge is 1.75. The van der Waals surface area contributed by atoms with Crippen molar-refractivity contribution in [1.29, 1.82) is 0 Å². The Morgan fingerprint density at radius 1 is 1.83 bits per heavy atom. The lowest BCUT2D eigenvalue weighted by atomic mass is 10.9. The van der Waals surface area contributed by atoms with Gasteiger partial charge in [-0.05, 0) is 6.04 Å². The van der Waals surface area contributed by atoms with Crippen LogP contribution in [-0.2, 0) is 4.74 Å². The Morgan fingerprint density at radius 3 is 2.67 bits per heavy atom. The van der Waals surface area contributed by atoms with Crippen LogP contribution < -0.4 is 0 Å². The quantitative estimate of drug-likeness (QED) is 0.372. The van der Waals surface area contributed by atoms with Crippen LogP contribution in [0.25, 0.3) is 0 Å². The first kappa shape index (κ1) is 6.18. The van der Waals surface area contributed by atoms with Gasteiger partial charge >= 0.3 is 0 Å². The van der Waals surface area contributed by atoms with Crippen molar-refractivity contribution < 1.29 is 4.74 Å². The number of hydrogen-bond donors (Lipinski definition) is 0. The topological polar surface area (TPSA) is 9.23 Å². The van der Waals surface area contributed by atoms with Gasteiger partial charge in [0, 0.05) is 16.1 Å².